The molecule has 3 aromatic carbocycles. The van der Waals surface area contributed by atoms with Gasteiger partial charge in [0.25, 0.3) is 0 Å². The first-order valence-corrected chi connectivity index (χ1v) is 13.9. The number of para-hydroxylation sites is 1. The molecule has 0 spiro atoms. The van der Waals surface area contributed by atoms with Crippen LogP contribution in [0, 0.1) is 11.8 Å². The van der Waals surface area contributed by atoms with Gasteiger partial charge in [-0.2, -0.15) is 0 Å². The van der Waals surface area contributed by atoms with Gasteiger partial charge in [-0.15, -0.1) is 0 Å². The first kappa shape index (κ1) is 26.8. The Labute approximate surface area is 232 Å². The highest BCUT2D eigenvalue weighted by Gasteiger charge is 2.19. The lowest BCUT2D eigenvalue weighted by atomic mass is 10.1. The van der Waals surface area contributed by atoms with E-state index >= 15 is 0 Å². The van der Waals surface area contributed by atoms with E-state index in [1.165, 1.54) is 5.56 Å². The second-order valence-corrected chi connectivity index (χ2v) is 10.5. The van der Waals surface area contributed by atoms with E-state index in [2.05, 4.69) is 94.5 Å². The summed E-state index contributed by atoms with van der Waals surface area (Å²) in [5.74, 6) is 8.34. The summed E-state index contributed by atoms with van der Waals surface area (Å²) in [4.78, 5) is 17.0. The van der Waals surface area contributed by atoms with Crippen LogP contribution in [-0.4, -0.2) is 78.0 Å². The Hall–Kier alpha value is -3.76. The van der Waals surface area contributed by atoms with E-state index in [0.29, 0.717) is 0 Å². The summed E-state index contributed by atoms with van der Waals surface area (Å²) in [6, 6.07) is 27.1. The third-order valence-corrected chi connectivity index (χ3v) is 7.04. The second-order valence-electron chi connectivity index (χ2n) is 10.5. The summed E-state index contributed by atoms with van der Waals surface area (Å²) in [5.41, 5.74) is 4.43. The molecule has 6 nitrogen and oxygen atoms in total. The lowest BCUT2D eigenvalue weighted by Gasteiger charge is -2.34. The number of fused-ring (bicyclic) bond motifs is 1. The van der Waals surface area contributed by atoms with Gasteiger partial charge in [0.05, 0.1) is 12.1 Å². The predicted octanol–water partition coefficient (Wildman–Crippen LogP) is 4.71. The van der Waals surface area contributed by atoms with Crippen molar-refractivity contribution in [2.45, 2.75) is 19.5 Å². The van der Waals surface area contributed by atoms with E-state index in [1.807, 2.05) is 30.3 Å². The van der Waals surface area contributed by atoms with Crippen LogP contribution in [0.1, 0.15) is 28.9 Å². The molecule has 200 valence electrons. The molecule has 0 atom stereocenters. The lowest BCUT2D eigenvalue weighted by molar-refractivity contribution is 0.120. The van der Waals surface area contributed by atoms with Gasteiger partial charge in [0.2, 0.25) is 0 Å². The van der Waals surface area contributed by atoms with Crippen LogP contribution in [0.4, 0.5) is 5.82 Å². The Kier molecular flexibility index (Phi) is 9.18. The minimum atomic E-state index is 0.778. The Bertz CT molecular complexity index is 1400. The van der Waals surface area contributed by atoms with Crippen LogP contribution in [-0.2, 0) is 13.1 Å². The van der Waals surface area contributed by atoms with E-state index in [9.17, 15) is 0 Å². The molecule has 1 aliphatic rings. The van der Waals surface area contributed by atoms with Crippen LogP contribution in [0.2, 0.25) is 0 Å². The zero-order chi connectivity index (χ0) is 26.9. The number of nitrogens with one attached hydrogen (secondary N) is 1. The van der Waals surface area contributed by atoms with Gasteiger partial charge in [-0.25, -0.2) is 9.97 Å². The highest BCUT2D eigenvalue weighted by atomic mass is 15.3. The van der Waals surface area contributed by atoms with Crippen molar-refractivity contribution >= 4 is 16.7 Å². The molecule has 0 saturated carbocycles. The van der Waals surface area contributed by atoms with Crippen LogP contribution >= 0.6 is 0 Å². The molecule has 0 unspecified atom stereocenters. The van der Waals surface area contributed by atoms with Crippen molar-refractivity contribution in [2.24, 2.45) is 0 Å². The molecule has 0 aliphatic carbocycles. The topological polar surface area (TPSA) is 47.5 Å². The van der Waals surface area contributed by atoms with Crippen LogP contribution in [0.25, 0.3) is 10.9 Å². The minimum Gasteiger partial charge on any atom is -0.369 e. The fourth-order valence-electron chi connectivity index (χ4n) is 4.86. The largest absolute Gasteiger partial charge is 0.369 e. The van der Waals surface area contributed by atoms with E-state index in [1.54, 1.807) is 0 Å². The summed E-state index contributed by atoms with van der Waals surface area (Å²) < 4.78 is 0. The molecule has 1 aliphatic heterocycles. The van der Waals surface area contributed by atoms with Gasteiger partial charge < -0.3 is 10.2 Å². The molecule has 6 heteroatoms. The maximum atomic E-state index is 4.94. The van der Waals surface area contributed by atoms with Gasteiger partial charge in [0.15, 0.2) is 0 Å². The minimum absolute atomic E-state index is 0.778. The summed E-state index contributed by atoms with van der Waals surface area (Å²) >= 11 is 0. The summed E-state index contributed by atoms with van der Waals surface area (Å²) in [6.45, 7) is 7.81. The zero-order valence-corrected chi connectivity index (χ0v) is 23.1. The first-order valence-electron chi connectivity index (χ1n) is 13.9. The van der Waals surface area contributed by atoms with Crippen LogP contribution in [0.5, 0.6) is 0 Å². The van der Waals surface area contributed by atoms with Gasteiger partial charge in [0.1, 0.15) is 11.6 Å². The standard InChI is InChI=1S/C33H38N6/c1-37(2)20-8-19-34-33-30-11-6-7-12-31(30)35-32(36-33)26-39-23-21-38(22-24-39)25-29-17-15-28(16-18-29)14-13-27-9-4-3-5-10-27/h3-7,9-12,15-18H,8,19-26H2,1-2H3,(H,34,35,36). The summed E-state index contributed by atoms with van der Waals surface area (Å²) in [6.07, 6.45) is 1.08. The molecule has 0 bridgehead atoms. The average molecular weight is 519 g/mol. The molecular formula is C33H38N6. The third-order valence-electron chi connectivity index (χ3n) is 7.04. The maximum absolute atomic E-state index is 4.94. The Morgan fingerprint density at radius 1 is 0.744 bits per heavy atom. The van der Waals surface area contributed by atoms with Crippen LogP contribution in [0.15, 0.2) is 78.9 Å². The van der Waals surface area contributed by atoms with Crippen molar-refractivity contribution in [1.82, 2.24) is 24.7 Å². The highest BCUT2D eigenvalue weighted by molar-refractivity contribution is 5.88. The van der Waals surface area contributed by atoms with Crippen LogP contribution in [0.3, 0.4) is 0 Å². The van der Waals surface area contributed by atoms with E-state index < -0.39 is 0 Å². The van der Waals surface area contributed by atoms with Crippen molar-refractivity contribution in [3.63, 3.8) is 0 Å². The maximum Gasteiger partial charge on any atom is 0.145 e. The Morgan fingerprint density at radius 3 is 2.10 bits per heavy atom. The Balaban J connectivity index is 1.14. The zero-order valence-electron chi connectivity index (χ0n) is 23.1. The SMILES string of the molecule is CN(C)CCCNc1nc(CN2CCN(Cc3ccc(C#Cc4ccccc4)cc3)CC2)nc2ccccc12. The quantitative estimate of drug-likeness (QED) is 0.256. The van der Waals surface area contributed by atoms with Gasteiger partial charge in [-0.05, 0) is 69.0 Å². The number of rotatable bonds is 9. The van der Waals surface area contributed by atoms with Crippen molar-refractivity contribution in [2.75, 3.05) is 58.7 Å². The number of benzene rings is 3. The normalized spacial score (nSPS) is 14.3. The number of nitrogens with zero attached hydrogens (tertiary/aromatic N) is 5. The number of hydrogen-bond acceptors (Lipinski definition) is 6. The molecule has 1 saturated heterocycles. The molecule has 1 fully saturated rings. The first-order chi connectivity index (χ1) is 19.1. The molecule has 4 aromatic rings. The molecular weight excluding hydrogens is 480 g/mol. The van der Waals surface area contributed by atoms with Crippen LogP contribution < -0.4 is 5.32 Å². The molecule has 0 amide bonds. The lowest BCUT2D eigenvalue weighted by Crippen LogP contribution is -2.45. The molecule has 1 N–H and O–H groups in total. The van der Waals surface area contributed by atoms with E-state index in [-0.39, 0.29) is 0 Å². The molecule has 1 aromatic heterocycles. The fourth-order valence-corrected chi connectivity index (χ4v) is 4.86. The van der Waals surface area contributed by atoms with Crippen molar-refractivity contribution in [3.05, 3.63) is 101 Å². The average Bonchev–Trinajstić information content (AvgIpc) is 2.96. The third kappa shape index (κ3) is 7.87. The highest BCUT2D eigenvalue weighted by Crippen LogP contribution is 2.21. The molecule has 2 heterocycles. The molecule has 0 radical (unpaired) electrons. The van der Waals surface area contributed by atoms with Gasteiger partial charge in [0, 0.05) is 55.8 Å². The number of hydrogen-bond donors (Lipinski definition) is 1. The van der Waals surface area contributed by atoms with Gasteiger partial charge in [-0.1, -0.05) is 54.3 Å². The van der Waals surface area contributed by atoms with Crippen molar-refractivity contribution < 1.29 is 0 Å². The molecule has 5 rings (SSSR count). The van der Waals surface area contributed by atoms with Gasteiger partial charge >= 0.3 is 0 Å². The monoisotopic (exact) mass is 518 g/mol. The van der Waals surface area contributed by atoms with E-state index in [0.717, 1.165) is 92.5 Å². The Morgan fingerprint density at radius 2 is 1.38 bits per heavy atom. The predicted molar refractivity (Wildman–Crippen MR) is 161 cm³/mol. The fraction of sp³-hybridized carbons (Fsp3) is 0.333. The van der Waals surface area contributed by atoms with Crippen molar-refractivity contribution in [3.8, 4) is 11.8 Å². The number of piperazine rings is 1. The number of anilines is 1. The van der Waals surface area contributed by atoms with E-state index in [4.69, 9.17) is 9.97 Å². The summed E-state index contributed by atoms with van der Waals surface area (Å²) in [5, 5.41) is 4.65. The second kappa shape index (κ2) is 13.3. The smallest absolute Gasteiger partial charge is 0.145 e. The van der Waals surface area contributed by atoms with Gasteiger partial charge in [-0.3, -0.25) is 9.80 Å². The number of aromatic nitrogens is 2. The molecule has 39 heavy (non-hydrogen) atoms. The summed E-state index contributed by atoms with van der Waals surface area (Å²) in [7, 11) is 4.22. The van der Waals surface area contributed by atoms with Crippen molar-refractivity contribution in [1.29, 1.82) is 0 Å².